The zero-order chi connectivity index (χ0) is 16.4. The summed E-state index contributed by atoms with van der Waals surface area (Å²) in [6.07, 6.45) is -2.88. The van der Waals surface area contributed by atoms with Gasteiger partial charge in [0.1, 0.15) is 0 Å². The van der Waals surface area contributed by atoms with Crippen molar-refractivity contribution in [3.8, 4) is 11.5 Å². The van der Waals surface area contributed by atoms with Gasteiger partial charge in [0.25, 0.3) is 5.91 Å². The molecule has 3 N–H and O–H groups in total. The number of unbranched alkanes of at least 4 members (excludes halogenated alkanes) is 1. The molecule has 0 radical (unpaired) electrons. The lowest BCUT2D eigenvalue weighted by Crippen LogP contribution is -2.30. The number of carbonyl (C=O) groups is 1. The second-order valence-electron chi connectivity index (χ2n) is 4.48. The van der Waals surface area contributed by atoms with E-state index in [0.717, 1.165) is 12.8 Å². The Labute approximate surface area is 126 Å². The number of ether oxygens (including phenoxy) is 2. The predicted molar refractivity (Wildman–Crippen MR) is 74.8 cm³/mol. The smallest absolute Gasteiger partial charge is 0.422 e. The highest BCUT2D eigenvalue weighted by Crippen LogP contribution is 2.28. The number of halogens is 3. The van der Waals surface area contributed by atoms with Crippen LogP contribution in [0.5, 0.6) is 11.5 Å². The summed E-state index contributed by atoms with van der Waals surface area (Å²) in [6.45, 7) is -0.685. The molecule has 0 unspecified atom stereocenters. The van der Waals surface area contributed by atoms with E-state index in [0.29, 0.717) is 13.1 Å². The molecule has 5 nitrogen and oxygen atoms in total. The molecule has 1 rings (SSSR count). The molecule has 1 aromatic carbocycles. The van der Waals surface area contributed by atoms with E-state index >= 15 is 0 Å². The van der Waals surface area contributed by atoms with Gasteiger partial charge in [-0.1, -0.05) is 12.1 Å². The van der Waals surface area contributed by atoms with Gasteiger partial charge in [-0.25, -0.2) is 0 Å². The van der Waals surface area contributed by atoms with Crippen LogP contribution >= 0.6 is 0 Å². The summed E-state index contributed by atoms with van der Waals surface area (Å²) in [4.78, 5) is 11.5. The number of nitrogens with one attached hydrogen (secondary N) is 1. The summed E-state index contributed by atoms with van der Waals surface area (Å²) in [7, 11) is 0. The monoisotopic (exact) mass is 320 g/mol. The predicted octanol–water partition coefficient (Wildman–Crippen LogP) is 1.86. The van der Waals surface area contributed by atoms with Crippen molar-refractivity contribution in [2.24, 2.45) is 5.73 Å². The summed E-state index contributed by atoms with van der Waals surface area (Å²) in [5.74, 6) is -0.331. The SMILES string of the molecule is NCCCCNC(=O)COc1ccccc1OCC(F)(F)F. The highest BCUT2D eigenvalue weighted by Gasteiger charge is 2.28. The first-order valence-corrected chi connectivity index (χ1v) is 6.80. The van der Waals surface area contributed by atoms with Crippen LogP contribution in [0, 0.1) is 0 Å². The zero-order valence-corrected chi connectivity index (χ0v) is 12.0. The van der Waals surface area contributed by atoms with Gasteiger partial charge in [0.15, 0.2) is 24.7 Å². The van der Waals surface area contributed by atoms with Crippen LogP contribution in [0.2, 0.25) is 0 Å². The molecule has 0 aliphatic heterocycles. The molecule has 0 bridgehead atoms. The standard InChI is InChI=1S/C14H19F3N2O3/c15-14(16,17)10-22-12-6-2-1-5-11(12)21-9-13(20)19-8-4-3-7-18/h1-2,5-6H,3-4,7-10,18H2,(H,19,20). The van der Waals surface area contributed by atoms with Crippen LogP contribution in [0.15, 0.2) is 24.3 Å². The van der Waals surface area contributed by atoms with Crippen molar-refractivity contribution in [1.82, 2.24) is 5.32 Å². The minimum Gasteiger partial charge on any atom is -0.480 e. The number of rotatable bonds is 9. The van der Waals surface area contributed by atoms with Gasteiger partial charge < -0.3 is 20.5 Å². The Hall–Kier alpha value is -1.96. The number of alkyl halides is 3. The number of carbonyl (C=O) groups excluding carboxylic acids is 1. The zero-order valence-electron chi connectivity index (χ0n) is 12.0. The molecule has 124 valence electrons. The second kappa shape index (κ2) is 9.14. The third kappa shape index (κ3) is 7.72. The van der Waals surface area contributed by atoms with E-state index in [1.54, 1.807) is 6.07 Å². The maximum Gasteiger partial charge on any atom is 0.422 e. The number of hydrogen-bond donors (Lipinski definition) is 2. The van der Waals surface area contributed by atoms with Crippen molar-refractivity contribution in [2.45, 2.75) is 19.0 Å². The molecule has 0 aliphatic carbocycles. The van der Waals surface area contributed by atoms with Crippen molar-refractivity contribution in [2.75, 3.05) is 26.3 Å². The van der Waals surface area contributed by atoms with Gasteiger partial charge >= 0.3 is 6.18 Å². The normalized spacial score (nSPS) is 11.1. The van der Waals surface area contributed by atoms with E-state index in [4.69, 9.17) is 10.5 Å². The Balaban J connectivity index is 2.43. The Morgan fingerprint density at radius 2 is 1.77 bits per heavy atom. The second-order valence-corrected chi connectivity index (χ2v) is 4.48. The molecular formula is C14H19F3N2O3. The molecule has 8 heteroatoms. The van der Waals surface area contributed by atoms with Crippen LogP contribution in [0.3, 0.4) is 0 Å². The van der Waals surface area contributed by atoms with Crippen LogP contribution < -0.4 is 20.5 Å². The molecule has 0 spiro atoms. The Morgan fingerprint density at radius 1 is 1.14 bits per heavy atom. The van der Waals surface area contributed by atoms with Gasteiger partial charge in [0, 0.05) is 6.54 Å². The number of amides is 1. The van der Waals surface area contributed by atoms with Crippen molar-refractivity contribution in [3.63, 3.8) is 0 Å². The van der Waals surface area contributed by atoms with Gasteiger partial charge in [0.05, 0.1) is 0 Å². The van der Waals surface area contributed by atoms with Crippen molar-refractivity contribution < 1.29 is 27.4 Å². The fourth-order valence-corrected chi connectivity index (χ4v) is 1.54. The van der Waals surface area contributed by atoms with E-state index in [1.807, 2.05) is 0 Å². The van der Waals surface area contributed by atoms with Crippen molar-refractivity contribution >= 4 is 5.91 Å². The quantitative estimate of drug-likeness (QED) is 0.681. The first-order valence-electron chi connectivity index (χ1n) is 6.80. The number of nitrogens with two attached hydrogens (primary N) is 1. The van der Waals surface area contributed by atoms with Gasteiger partial charge in [0.2, 0.25) is 0 Å². The lowest BCUT2D eigenvalue weighted by atomic mass is 10.3. The Morgan fingerprint density at radius 3 is 2.36 bits per heavy atom. The summed E-state index contributed by atoms with van der Waals surface area (Å²) < 4.78 is 46.3. The minimum absolute atomic E-state index is 0.0595. The average Bonchev–Trinajstić information content (AvgIpc) is 2.47. The van der Waals surface area contributed by atoms with Crippen LogP contribution in [0.25, 0.3) is 0 Å². The van der Waals surface area contributed by atoms with Gasteiger partial charge in [-0.3, -0.25) is 4.79 Å². The third-order valence-electron chi connectivity index (χ3n) is 2.55. The minimum atomic E-state index is -4.44. The molecule has 0 saturated carbocycles. The van der Waals surface area contributed by atoms with Gasteiger partial charge in [-0.15, -0.1) is 0 Å². The Kier molecular flexibility index (Phi) is 7.51. The van der Waals surface area contributed by atoms with Crippen molar-refractivity contribution in [3.05, 3.63) is 24.3 Å². The first kappa shape index (κ1) is 18.1. The maximum atomic E-state index is 12.2. The van der Waals surface area contributed by atoms with E-state index in [-0.39, 0.29) is 24.0 Å². The first-order chi connectivity index (χ1) is 10.4. The highest BCUT2D eigenvalue weighted by atomic mass is 19.4. The van der Waals surface area contributed by atoms with E-state index in [9.17, 15) is 18.0 Å². The topological polar surface area (TPSA) is 73.6 Å². The Bertz CT molecular complexity index is 467. The lowest BCUT2D eigenvalue weighted by Gasteiger charge is -2.13. The number of para-hydroxylation sites is 2. The van der Waals surface area contributed by atoms with Crippen LogP contribution in [-0.4, -0.2) is 38.4 Å². The van der Waals surface area contributed by atoms with Crippen LogP contribution in [0.1, 0.15) is 12.8 Å². The molecule has 0 aromatic heterocycles. The molecule has 1 aromatic rings. The summed E-state index contributed by atoms with van der Waals surface area (Å²) in [6, 6.07) is 5.88. The largest absolute Gasteiger partial charge is 0.480 e. The van der Waals surface area contributed by atoms with E-state index in [2.05, 4.69) is 10.1 Å². The van der Waals surface area contributed by atoms with Crippen molar-refractivity contribution in [1.29, 1.82) is 0 Å². The summed E-state index contributed by atoms with van der Waals surface area (Å²) in [5.41, 5.74) is 5.32. The molecule has 22 heavy (non-hydrogen) atoms. The van der Waals surface area contributed by atoms with Crippen LogP contribution in [-0.2, 0) is 4.79 Å². The number of hydrogen-bond acceptors (Lipinski definition) is 4. The molecule has 0 aliphatic rings. The van der Waals surface area contributed by atoms with E-state index < -0.39 is 12.8 Å². The summed E-state index contributed by atoms with van der Waals surface area (Å²) in [5, 5.41) is 2.62. The fraction of sp³-hybridized carbons (Fsp3) is 0.500. The third-order valence-corrected chi connectivity index (χ3v) is 2.55. The fourth-order valence-electron chi connectivity index (χ4n) is 1.54. The van der Waals surface area contributed by atoms with Gasteiger partial charge in [-0.2, -0.15) is 13.2 Å². The molecule has 0 saturated heterocycles. The molecular weight excluding hydrogens is 301 g/mol. The molecule has 0 atom stereocenters. The van der Waals surface area contributed by atoms with Crippen LogP contribution in [0.4, 0.5) is 13.2 Å². The van der Waals surface area contributed by atoms with Gasteiger partial charge in [-0.05, 0) is 31.5 Å². The molecule has 0 heterocycles. The highest BCUT2D eigenvalue weighted by molar-refractivity contribution is 5.77. The average molecular weight is 320 g/mol. The summed E-state index contributed by atoms with van der Waals surface area (Å²) >= 11 is 0. The molecule has 1 amide bonds. The lowest BCUT2D eigenvalue weighted by molar-refractivity contribution is -0.153. The number of benzene rings is 1. The van der Waals surface area contributed by atoms with E-state index in [1.165, 1.54) is 18.2 Å². The molecule has 0 fully saturated rings. The maximum absolute atomic E-state index is 12.2.